The number of carbonyl (C=O) groups excluding carboxylic acids is 5. The number of imide groups is 1. The second kappa shape index (κ2) is 11.0. The lowest BCUT2D eigenvalue weighted by molar-refractivity contribution is -0.172. The lowest BCUT2D eigenvalue weighted by atomic mass is 9.80. The van der Waals surface area contributed by atoms with Crippen LogP contribution in [-0.2, 0) is 24.0 Å². The van der Waals surface area contributed by atoms with Crippen LogP contribution in [0, 0.1) is 11.6 Å². The van der Waals surface area contributed by atoms with Gasteiger partial charge in [0, 0.05) is 55.9 Å². The summed E-state index contributed by atoms with van der Waals surface area (Å²) in [5, 5.41) is 10.4. The number of fused-ring (bicyclic) bond motifs is 2. The third-order valence-electron chi connectivity index (χ3n) is 6.49. The maximum atomic E-state index is 15.1. The number of benzene rings is 3. The van der Waals surface area contributed by atoms with Crippen molar-refractivity contribution >= 4 is 35.7 Å². The maximum Gasteiger partial charge on any atom is 0.363 e. The highest BCUT2D eigenvalue weighted by atomic mass is 19.1. The van der Waals surface area contributed by atoms with Gasteiger partial charge in [0.05, 0.1) is 11.1 Å². The summed E-state index contributed by atoms with van der Waals surface area (Å²) in [7, 11) is 0. The summed E-state index contributed by atoms with van der Waals surface area (Å²) in [6, 6.07) is 7.23. The summed E-state index contributed by atoms with van der Waals surface area (Å²) < 4.78 is 45.8. The van der Waals surface area contributed by atoms with Crippen molar-refractivity contribution in [2.45, 2.75) is 32.6 Å². The normalized spacial score (nSPS) is 14.0. The molecule has 1 saturated heterocycles. The van der Waals surface area contributed by atoms with E-state index in [2.05, 4.69) is 0 Å². The molecule has 220 valence electrons. The Morgan fingerprint density at radius 3 is 1.79 bits per heavy atom. The molecule has 0 spiro atoms. The van der Waals surface area contributed by atoms with Gasteiger partial charge in [0.15, 0.2) is 23.1 Å². The molecule has 2 aliphatic heterocycles. The molecule has 0 aliphatic carbocycles. The molecule has 0 radical (unpaired) electrons. The second-order valence-corrected chi connectivity index (χ2v) is 9.43. The van der Waals surface area contributed by atoms with Gasteiger partial charge in [-0.1, -0.05) is 6.07 Å². The fraction of sp³-hybridized carbons (Fsp3) is 0.172. The fourth-order valence-electron chi connectivity index (χ4n) is 4.73. The van der Waals surface area contributed by atoms with Crippen LogP contribution < -0.4 is 14.2 Å². The Bertz CT molecular complexity index is 1680. The van der Waals surface area contributed by atoms with Gasteiger partial charge in [0.1, 0.15) is 11.5 Å². The molecule has 0 bridgehead atoms. The minimum Gasteiger partial charge on any atom is -0.478 e. The molecule has 0 aromatic heterocycles. The molecule has 3 aromatic rings. The SMILES string of the molecule is CC(=O)Oc1cc2c(cc1F)C(c1ccc(C(=O)ON3C(=O)CCC3=O)cc1C(=O)O)c1cc(F)c(OC(C)=O)cc1O2. The Balaban J connectivity index is 1.66. The van der Waals surface area contributed by atoms with E-state index >= 15 is 8.78 Å². The minimum absolute atomic E-state index is 0.00613. The van der Waals surface area contributed by atoms with E-state index in [1.807, 2.05) is 0 Å². The number of hydrogen-bond donors (Lipinski definition) is 1. The summed E-state index contributed by atoms with van der Waals surface area (Å²) in [5.41, 5.74) is -0.874. The molecular weight excluding hydrogens is 576 g/mol. The first-order chi connectivity index (χ1) is 20.3. The van der Waals surface area contributed by atoms with Crippen LogP contribution in [0.2, 0.25) is 0 Å². The Morgan fingerprint density at radius 1 is 0.814 bits per heavy atom. The molecule has 43 heavy (non-hydrogen) atoms. The number of carboxylic acid groups (broad SMARTS) is 1. The number of amides is 2. The molecule has 1 N–H and O–H groups in total. The molecule has 12 nitrogen and oxygen atoms in total. The molecule has 5 rings (SSSR count). The van der Waals surface area contributed by atoms with Gasteiger partial charge in [-0.2, -0.15) is 0 Å². The Labute approximate surface area is 240 Å². The number of ether oxygens (including phenoxy) is 3. The van der Waals surface area contributed by atoms with Gasteiger partial charge in [-0.3, -0.25) is 19.2 Å². The first kappa shape index (κ1) is 28.9. The van der Waals surface area contributed by atoms with Crippen LogP contribution >= 0.6 is 0 Å². The standard InChI is InChI=1S/C29H19F2NO11/c1-12(33)40-23-10-21-17(8-19(23)30)27(18-9-20(31)24(41-13(2)34)11-22(18)42-21)15-4-3-14(7-16(15)28(37)38)29(39)43-32-25(35)5-6-26(32)36/h3-4,7-11,27H,5-6H2,1-2H3,(H,37,38). The summed E-state index contributed by atoms with van der Waals surface area (Å²) in [6.07, 6.45) is -0.307. The van der Waals surface area contributed by atoms with Crippen LogP contribution in [0.25, 0.3) is 0 Å². The molecule has 0 unspecified atom stereocenters. The number of esters is 2. The van der Waals surface area contributed by atoms with E-state index in [1.54, 1.807) is 0 Å². The van der Waals surface area contributed by atoms with Crippen LogP contribution in [0.4, 0.5) is 8.78 Å². The van der Waals surface area contributed by atoms with Crippen molar-refractivity contribution < 1.29 is 61.7 Å². The van der Waals surface area contributed by atoms with Crippen molar-refractivity contribution in [3.63, 3.8) is 0 Å². The van der Waals surface area contributed by atoms with Crippen LogP contribution in [0.3, 0.4) is 0 Å². The molecule has 2 amide bonds. The zero-order valence-electron chi connectivity index (χ0n) is 22.3. The van der Waals surface area contributed by atoms with Gasteiger partial charge < -0.3 is 24.2 Å². The van der Waals surface area contributed by atoms with Gasteiger partial charge in [0.2, 0.25) is 0 Å². The van der Waals surface area contributed by atoms with E-state index < -0.39 is 70.3 Å². The Morgan fingerprint density at radius 2 is 1.33 bits per heavy atom. The molecule has 1 fully saturated rings. The maximum absolute atomic E-state index is 15.1. The molecule has 14 heteroatoms. The highest BCUT2D eigenvalue weighted by Crippen LogP contribution is 2.51. The molecule has 0 atom stereocenters. The van der Waals surface area contributed by atoms with E-state index in [4.69, 9.17) is 19.0 Å². The third-order valence-corrected chi connectivity index (χ3v) is 6.49. The fourth-order valence-corrected chi connectivity index (χ4v) is 4.73. The number of hydrogen-bond acceptors (Lipinski definition) is 10. The van der Waals surface area contributed by atoms with Crippen molar-refractivity contribution in [1.82, 2.24) is 5.06 Å². The van der Waals surface area contributed by atoms with Crippen molar-refractivity contribution in [3.8, 4) is 23.0 Å². The first-order valence-corrected chi connectivity index (χ1v) is 12.5. The Hall–Kier alpha value is -5.66. The largest absolute Gasteiger partial charge is 0.478 e. The number of nitrogens with zero attached hydrogens (tertiary/aromatic N) is 1. The highest BCUT2D eigenvalue weighted by Gasteiger charge is 2.36. The van der Waals surface area contributed by atoms with Crippen molar-refractivity contribution in [2.75, 3.05) is 0 Å². The van der Waals surface area contributed by atoms with Gasteiger partial charge in [-0.25, -0.2) is 18.4 Å². The molecule has 0 saturated carbocycles. The van der Waals surface area contributed by atoms with Crippen molar-refractivity contribution in [1.29, 1.82) is 0 Å². The zero-order valence-corrected chi connectivity index (χ0v) is 22.3. The van der Waals surface area contributed by atoms with Crippen LogP contribution in [0.5, 0.6) is 23.0 Å². The smallest absolute Gasteiger partial charge is 0.363 e. The van der Waals surface area contributed by atoms with Gasteiger partial charge in [-0.15, -0.1) is 5.06 Å². The summed E-state index contributed by atoms with van der Waals surface area (Å²) in [6.45, 7) is 2.10. The van der Waals surface area contributed by atoms with Crippen molar-refractivity contribution in [3.05, 3.63) is 81.9 Å². The number of carboxylic acids is 1. The molecule has 2 heterocycles. The average Bonchev–Trinajstić information content (AvgIpc) is 3.24. The van der Waals surface area contributed by atoms with Crippen LogP contribution in [0.15, 0.2) is 42.5 Å². The molecule has 3 aromatic carbocycles. The summed E-state index contributed by atoms with van der Waals surface area (Å²) in [4.78, 5) is 76.7. The number of carbonyl (C=O) groups is 6. The lowest BCUT2D eigenvalue weighted by Crippen LogP contribution is -2.32. The number of rotatable bonds is 6. The predicted molar refractivity (Wildman–Crippen MR) is 136 cm³/mol. The zero-order chi connectivity index (χ0) is 31.2. The van der Waals surface area contributed by atoms with E-state index in [0.717, 1.165) is 50.2 Å². The first-order valence-electron chi connectivity index (χ1n) is 12.5. The molecular formula is C29H19F2NO11. The van der Waals surface area contributed by atoms with E-state index in [0.29, 0.717) is 5.06 Å². The summed E-state index contributed by atoms with van der Waals surface area (Å²) >= 11 is 0. The number of halogens is 2. The van der Waals surface area contributed by atoms with Crippen LogP contribution in [-0.4, -0.2) is 45.9 Å². The van der Waals surface area contributed by atoms with Gasteiger partial charge >= 0.3 is 23.9 Å². The lowest BCUT2D eigenvalue weighted by Gasteiger charge is -2.30. The number of hydroxylamine groups is 2. The van der Waals surface area contributed by atoms with E-state index in [-0.39, 0.29) is 46.6 Å². The van der Waals surface area contributed by atoms with E-state index in [9.17, 15) is 33.9 Å². The number of aromatic carboxylic acids is 1. The van der Waals surface area contributed by atoms with Gasteiger partial charge in [0.25, 0.3) is 11.8 Å². The molecule has 2 aliphatic rings. The Kier molecular flexibility index (Phi) is 7.36. The summed E-state index contributed by atoms with van der Waals surface area (Å²) in [5.74, 6) is -10.3. The highest BCUT2D eigenvalue weighted by molar-refractivity contribution is 6.03. The quantitative estimate of drug-likeness (QED) is 0.195. The minimum atomic E-state index is -1.54. The monoisotopic (exact) mass is 595 g/mol. The van der Waals surface area contributed by atoms with Gasteiger partial charge in [-0.05, 0) is 29.8 Å². The predicted octanol–water partition coefficient (Wildman–Crippen LogP) is 4.02. The average molecular weight is 595 g/mol. The van der Waals surface area contributed by atoms with E-state index in [1.165, 1.54) is 6.07 Å². The second-order valence-electron chi connectivity index (χ2n) is 9.43. The topological polar surface area (TPSA) is 163 Å². The van der Waals surface area contributed by atoms with Crippen LogP contribution in [0.1, 0.15) is 70.0 Å². The third kappa shape index (κ3) is 5.49. The van der Waals surface area contributed by atoms with Crippen molar-refractivity contribution in [2.24, 2.45) is 0 Å².